The summed E-state index contributed by atoms with van der Waals surface area (Å²) in [5, 5.41) is 13.6. The van der Waals surface area contributed by atoms with Crippen LogP contribution < -0.4 is 5.32 Å². The SMILES string of the molecule is COCCC(C)(O)CNC1CCN(CC(=O)N(C)C)CC1. The van der Waals surface area contributed by atoms with Crippen LogP contribution in [0.5, 0.6) is 0 Å². The fraction of sp³-hybridized carbons (Fsp3) is 0.933. The van der Waals surface area contributed by atoms with E-state index in [0.717, 1.165) is 25.9 Å². The van der Waals surface area contributed by atoms with Crippen molar-refractivity contribution in [2.45, 2.75) is 37.8 Å². The molecule has 1 atom stereocenters. The lowest BCUT2D eigenvalue weighted by atomic mass is 10.00. The molecule has 1 amide bonds. The number of aliphatic hydroxyl groups is 1. The first kappa shape index (κ1) is 18.4. The summed E-state index contributed by atoms with van der Waals surface area (Å²) in [6.07, 6.45) is 2.66. The molecule has 0 spiro atoms. The van der Waals surface area contributed by atoms with E-state index >= 15 is 0 Å². The third kappa shape index (κ3) is 7.22. The molecule has 1 heterocycles. The quantitative estimate of drug-likeness (QED) is 0.656. The van der Waals surface area contributed by atoms with Crippen LogP contribution in [0.15, 0.2) is 0 Å². The molecule has 0 radical (unpaired) electrons. The Kier molecular flexibility index (Phi) is 7.59. The molecule has 6 nitrogen and oxygen atoms in total. The number of piperidine rings is 1. The molecule has 124 valence electrons. The molecule has 21 heavy (non-hydrogen) atoms. The van der Waals surface area contributed by atoms with Crippen molar-refractivity contribution in [3.63, 3.8) is 0 Å². The number of carbonyl (C=O) groups excluding carboxylic acids is 1. The minimum absolute atomic E-state index is 0.156. The normalized spacial score (nSPS) is 20.2. The van der Waals surface area contributed by atoms with E-state index in [-0.39, 0.29) is 5.91 Å². The highest BCUT2D eigenvalue weighted by atomic mass is 16.5. The number of likely N-dealkylation sites (N-methyl/N-ethyl adjacent to an activating group) is 1. The van der Waals surface area contributed by atoms with Gasteiger partial charge < -0.3 is 20.1 Å². The second-order valence-electron chi connectivity index (χ2n) is 6.46. The minimum atomic E-state index is -0.728. The summed E-state index contributed by atoms with van der Waals surface area (Å²) < 4.78 is 5.01. The molecule has 1 rings (SSSR count). The predicted molar refractivity (Wildman–Crippen MR) is 83.3 cm³/mol. The van der Waals surface area contributed by atoms with Gasteiger partial charge in [-0.1, -0.05) is 0 Å². The second-order valence-corrected chi connectivity index (χ2v) is 6.46. The Bertz CT molecular complexity index is 313. The first-order valence-electron chi connectivity index (χ1n) is 7.71. The van der Waals surface area contributed by atoms with E-state index in [4.69, 9.17) is 4.74 Å². The van der Waals surface area contributed by atoms with Crippen molar-refractivity contribution >= 4 is 5.91 Å². The number of likely N-dealkylation sites (tertiary alicyclic amines) is 1. The van der Waals surface area contributed by atoms with Gasteiger partial charge in [0.05, 0.1) is 12.1 Å². The van der Waals surface area contributed by atoms with Crippen molar-refractivity contribution in [1.29, 1.82) is 0 Å². The van der Waals surface area contributed by atoms with Gasteiger partial charge in [-0.05, 0) is 19.8 Å². The van der Waals surface area contributed by atoms with Crippen molar-refractivity contribution in [3.8, 4) is 0 Å². The van der Waals surface area contributed by atoms with Gasteiger partial charge >= 0.3 is 0 Å². The third-order valence-electron chi connectivity index (χ3n) is 4.06. The van der Waals surface area contributed by atoms with Crippen LogP contribution in [0.25, 0.3) is 0 Å². The van der Waals surface area contributed by atoms with Crippen LogP contribution >= 0.6 is 0 Å². The minimum Gasteiger partial charge on any atom is -0.389 e. The molecule has 0 aromatic rings. The summed E-state index contributed by atoms with van der Waals surface area (Å²) in [4.78, 5) is 15.5. The highest BCUT2D eigenvalue weighted by Gasteiger charge is 2.25. The number of rotatable bonds is 8. The molecule has 1 aliphatic rings. The van der Waals surface area contributed by atoms with Crippen LogP contribution in [0.3, 0.4) is 0 Å². The zero-order valence-corrected chi connectivity index (χ0v) is 13.9. The summed E-state index contributed by atoms with van der Waals surface area (Å²) in [6, 6.07) is 0.421. The smallest absolute Gasteiger partial charge is 0.236 e. The van der Waals surface area contributed by atoms with Gasteiger partial charge in [-0.15, -0.1) is 0 Å². The van der Waals surface area contributed by atoms with E-state index < -0.39 is 5.60 Å². The lowest BCUT2D eigenvalue weighted by Crippen LogP contribution is -2.49. The van der Waals surface area contributed by atoms with E-state index in [2.05, 4.69) is 10.2 Å². The van der Waals surface area contributed by atoms with Gasteiger partial charge in [-0.2, -0.15) is 0 Å². The van der Waals surface area contributed by atoms with Crippen molar-refractivity contribution < 1.29 is 14.6 Å². The molecule has 0 aromatic carbocycles. The average molecular weight is 301 g/mol. The second kappa shape index (κ2) is 8.68. The van der Waals surface area contributed by atoms with Crippen molar-refractivity contribution in [2.75, 3.05) is 54.0 Å². The molecule has 1 unspecified atom stereocenters. The lowest BCUT2D eigenvalue weighted by Gasteiger charge is -2.34. The van der Waals surface area contributed by atoms with Crippen molar-refractivity contribution in [2.24, 2.45) is 0 Å². The molecule has 1 saturated heterocycles. The fourth-order valence-corrected chi connectivity index (χ4v) is 2.40. The molecule has 1 aliphatic heterocycles. The van der Waals surface area contributed by atoms with Crippen LogP contribution in [0.2, 0.25) is 0 Å². The summed E-state index contributed by atoms with van der Waals surface area (Å²) in [6.45, 7) is 5.35. The standard InChI is InChI=1S/C15H31N3O3/c1-15(20,7-10-21-4)12-16-13-5-8-18(9-6-13)11-14(19)17(2)3/h13,16,20H,5-12H2,1-4H3. The van der Waals surface area contributed by atoms with E-state index in [0.29, 0.717) is 32.2 Å². The van der Waals surface area contributed by atoms with E-state index in [1.165, 1.54) is 0 Å². The Balaban J connectivity index is 2.23. The predicted octanol–water partition coefficient (Wildman–Crippen LogP) is -0.0839. The topological polar surface area (TPSA) is 65.0 Å². The van der Waals surface area contributed by atoms with Crippen molar-refractivity contribution in [3.05, 3.63) is 0 Å². The summed E-state index contributed by atoms with van der Waals surface area (Å²) >= 11 is 0. The maximum atomic E-state index is 11.7. The molecule has 0 saturated carbocycles. The van der Waals surface area contributed by atoms with Crippen LogP contribution in [0, 0.1) is 0 Å². The van der Waals surface area contributed by atoms with Gasteiger partial charge in [0.25, 0.3) is 0 Å². The number of ether oxygens (including phenoxy) is 1. The monoisotopic (exact) mass is 301 g/mol. The largest absolute Gasteiger partial charge is 0.389 e. The Labute approximate surface area is 128 Å². The van der Waals surface area contributed by atoms with Gasteiger partial charge in [0.1, 0.15) is 0 Å². The first-order valence-corrected chi connectivity index (χ1v) is 7.71. The number of nitrogens with one attached hydrogen (secondary N) is 1. The number of methoxy groups -OCH3 is 1. The zero-order valence-electron chi connectivity index (χ0n) is 13.9. The Hall–Kier alpha value is -0.690. The van der Waals surface area contributed by atoms with Gasteiger partial charge in [-0.25, -0.2) is 0 Å². The molecule has 0 bridgehead atoms. The van der Waals surface area contributed by atoms with Crippen LogP contribution in [-0.4, -0.2) is 86.4 Å². The summed E-state index contributed by atoms with van der Waals surface area (Å²) in [5.41, 5.74) is -0.728. The summed E-state index contributed by atoms with van der Waals surface area (Å²) in [5.74, 6) is 0.156. The molecule has 2 N–H and O–H groups in total. The molecular weight excluding hydrogens is 270 g/mol. The molecular formula is C15H31N3O3. The summed E-state index contributed by atoms with van der Waals surface area (Å²) in [7, 11) is 5.23. The van der Waals surface area contributed by atoms with E-state index in [9.17, 15) is 9.90 Å². The number of amides is 1. The Morgan fingerprint density at radius 3 is 2.57 bits per heavy atom. The van der Waals surface area contributed by atoms with Crippen molar-refractivity contribution in [1.82, 2.24) is 15.1 Å². The van der Waals surface area contributed by atoms with Gasteiger partial charge in [0.15, 0.2) is 0 Å². The number of hydrogen-bond acceptors (Lipinski definition) is 5. The van der Waals surface area contributed by atoms with Crippen LogP contribution in [-0.2, 0) is 9.53 Å². The number of carbonyl (C=O) groups is 1. The lowest BCUT2D eigenvalue weighted by molar-refractivity contribution is -0.130. The van der Waals surface area contributed by atoms with Gasteiger partial charge in [0, 0.05) is 59.9 Å². The van der Waals surface area contributed by atoms with Crippen LogP contribution in [0.4, 0.5) is 0 Å². The highest BCUT2D eigenvalue weighted by molar-refractivity contribution is 5.77. The third-order valence-corrected chi connectivity index (χ3v) is 4.06. The zero-order chi connectivity index (χ0) is 15.9. The molecule has 1 fully saturated rings. The highest BCUT2D eigenvalue weighted by Crippen LogP contribution is 2.13. The van der Waals surface area contributed by atoms with E-state index in [1.54, 1.807) is 26.1 Å². The Morgan fingerprint density at radius 1 is 1.43 bits per heavy atom. The number of nitrogens with zero attached hydrogens (tertiary/aromatic N) is 2. The molecule has 0 aliphatic carbocycles. The molecule has 6 heteroatoms. The molecule has 0 aromatic heterocycles. The average Bonchev–Trinajstić information content (AvgIpc) is 2.44. The van der Waals surface area contributed by atoms with Gasteiger partial charge in [0.2, 0.25) is 5.91 Å². The maximum Gasteiger partial charge on any atom is 0.236 e. The fourth-order valence-electron chi connectivity index (χ4n) is 2.40. The first-order chi connectivity index (χ1) is 9.84. The number of hydrogen-bond donors (Lipinski definition) is 2. The van der Waals surface area contributed by atoms with Crippen LogP contribution in [0.1, 0.15) is 26.2 Å². The van der Waals surface area contributed by atoms with E-state index in [1.807, 2.05) is 6.92 Å². The van der Waals surface area contributed by atoms with Gasteiger partial charge in [-0.3, -0.25) is 9.69 Å². The Morgan fingerprint density at radius 2 is 2.05 bits per heavy atom. The maximum absolute atomic E-state index is 11.7.